The Kier molecular flexibility index (Phi) is 2.42. The lowest BCUT2D eigenvalue weighted by molar-refractivity contribution is 0.465. The zero-order valence-corrected chi connectivity index (χ0v) is 10.6. The summed E-state index contributed by atoms with van der Waals surface area (Å²) in [6, 6.07) is 21.2. The van der Waals surface area contributed by atoms with Crippen LogP contribution in [-0.2, 0) is 0 Å². The van der Waals surface area contributed by atoms with E-state index in [9.17, 15) is 0 Å². The van der Waals surface area contributed by atoms with Crippen molar-refractivity contribution in [2.75, 3.05) is 0 Å². The molecule has 0 amide bonds. The number of pyridine rings is 1. The molecule has 2 aromatic carbocycles. The molecule has 0 bridgehead atoms. The molecule has 20 heavy (non-hydrogen) atoms. The van der Waals surface area contributed by atoms with Gasteiger partial charge in [-0.15, -0.1) is 0 Å². The molecule has 4 aromatic rings. The quantitative estimate of drug-likeness (QED) is 0.521. The molecule has 0 aliphatic carbocycles. The highest BCUT2D eigenvalue weighted by Gasteiger charge is 2.09. The third-order valence-corrected chi connectivity index (χ3v) is 3.16. The molecule has 0 saturated carbocycles. The van der Waals surface area contributed by atoms with E-state index >= 15 is 0 Å². The van der Waals surface area contributed by atoms with E-state index in [0.717, 1.165) is 27.8 Å². The molecule has 0 radical (unpaired) electrons. The molecule has 3 heteroatoms. The van der Waals surface area contributed by atoms with Gasteiger partial charge in [0.2, 0.25) is 5.88 Å². The first-order valence-corrected chi connectivity index (χ1v) is 6.41. The minimum atomic E-state index is 0.565. The van der Waals surface area contributed by atoms with E-state index in [1.165, 1.54) is 0 Å². The number of benzene rings is 2. The molecular formula is C17H11NO2. The average Bonchev–Trinajstić information content (AvgIpc) is 2.86. The number of nitrogens with zero attached hydrogens (tertiary/aromatic N) is 1. The van der Waals surface area contributed by atoms with E-state index < -0.39 is 0 Å². The van der Waals surface area contributed by atoms with Crippen LogP contribution in [0.2, 0.25) is 0 Å². The third-order valence-electron chi connectivity index (χ3n) is 3.16. The zero-order chi connectivity index (χ0) is 13.4. The van der Waals surface area contributed by atoms with Crippen molar-refractivity contribution in [3.05, 3.63) is 66.7 Å². The first-order chi connectivity index (χ1) is 9.90. The van der Waals surface area contributed by atoms with Crippen molar-refractivity contribution in [3.63, 3.8) is 0 Å². The van der Waals surface area contributed by atoms with E-state index in [0.29, 0.717) is 5.88 Å². The summed E-state index contributed by atoms with van der Waals surface area (Å²) in [5.41, 5.74) is 2.44. The predicted molar refractivity (Wildman–Crippen MR) is 78.0 cm³/mol. The van der Waals surface area contributed by atoms with Gasteiger partial charge in [0, 0.05) is 11.5 Å². The van der Waals surface area contributed by atoms with Crippen molar-refractivity contribution < 1.29 is 9.15 Å². The topological polar surface area (TPSA) is 35.3 Å². The fraction of sp³-hybridized carbons (Fsp3) is 0. The smallest absolute Gasteiger partial charge is 0.220 e. The standard InChI is InChI=1S/C17H11NO2/c1-2-6-12(7-3-1)19-16-11-10-15-17(18-16)13-8-4-5-9-14(13)20-15/h1-11H. The van der Waals surface area contributed by atoms with E-state index in [2.05, 4.69) is 4.98 Å². The van der Waals surface area contributed by atoms with Gasteiger partial charge in [0.1, 0.15) is 16.8 Å². The molecule has 3 nitrogen and oxygen atoms in total. The summed E-state index contributed by atoms with van der Waals surface area (Å²) in [7, 11) is 0. The highest BCUT2D eigenvalue weighted by Crippen LogP contribution is 2.29. The maximum Gasteiger partial charge on any atom is 0.220 e. The molecule has 0 atom stereocenters. The zero-order valence-electron chi connectivity index (χ0n) is 10.6. The Labute approximate surface area is 115 Å². The van der Waals surface area contributed by atoms with Crippen LogP contribution in [0, 0.1) is 0 Å². The fourth-order valence-electron chi connectivity index (χ4n) is 2.24. The molecule has 4 rings (SSSR count). The van der Waals surface area contributed by atoms with E-state index in [1.54, 1.807) is 0 Å². The Hall–Kier alpha value is -2.81. The van der Waals surface area contributed by atoms with Gasteiger partial charge in [-0.05, 0) is 30.3 Å². The van der Waals surface area contributed by atoms with Gasteiger partial charge in [0.05, 0.1) is 0 Å². The largest absolute Gasteiger partial charge is 0.454 e. The Morgan fingerprint density at radius 3 is 2.45 bits per heavy atom. The second-order valence-corrected chi connectivity index (χ2v) is 4.51. The van der Waals surface area contributed by atoms with Crippen LogP contribution < -0.4 is 4.74 Å². The van der Waals surface area contributed by atoms with Gasteiger partial charge in [-0.2, -0.15) is 0 Å². The molecule has 2 aromatic heterocycles. The molecule has 96 valence electrons. The van der Waals surface area contributed by atoms with Gasteiger partial charge in [-0.1, -0.05) is 30.3 Å². The number of para-hydroxylation sites is 2. The Balaban J connectivity index is 1.83. The third kappa shape index (κ3) is 1.80. The highest BCUT2D eigenvalue weighted by molar-refractivity contribution is 6.02. The summed E-state index contributed by atoms with van der Waals surface area (Å²) in [6.45, 7) is 0. The van der Waals surface area contributed by atoms with Crippen LogP contribution in [0.3, 0.4) is 0 Å². The van der Waals surface area contributed by atoms with Crippen molar-refractivity contribution >= 4 is 22.1 Å². The Bertz CT molecular complexity index is 881. The minimum absolute atomic E-state index is 0.565. The van der Waals surface area contributed by atoms with Crippen molar-refractivity contribution in [3.8, 4) is 11.6 Å². The number of fused-ring (bicyclic) bond motifs is 3. The van der Waals surface area contributed by atoms with Crippen molar-refractivity contribution in [2.24, 2.45) is 0 Å². The van der Waals surface area contributed by atoms with Gasteiger partial charge in [0.25, 0.3) is 0 Å². The van der Waals surface area contributed by atoms with Gasteiger partial charge in [-0.3, -0.25) is 0 Å². The second-order valence-electron chi connectivity index (χ2n) is 4.51. The number of aromatic nitrogens is 1. The van der Waals surface area contributed by atoms with Crippen LogP contribution in [0.25, 0.3) is 22.1 Å². The molecular weight excluding hydrogens is 250 g/mol. The lowest BCUT2D eigenvalue weighted by Crippen LogP contribution is -1.87. The maximum absolute atomic E-state index is 5.75. The first-order valence-electron chi connectivity index (χ1n) is 6.41. The molecule has 0 aliphatic rings. The normalized spacial score (nSPS) is 11.0. The number of furan rings is 1. The van der Waals surface area contributed by atoms with Gasteiger partial charge < -0.3 is 9.15 Å². The Morgan fingerprint density at radius 1 is 0.750 bits per heavy atom. The fourth-order valence-corrected chi connectivity index (χ4v) is 2.24. The predicted octanol–water partition coefficient (Wildman–Crippen LogP) is 4.77. The lowest BCUT2D eigenvalue weighted by atomic mass is 10.2. The highest BCUT2D eigenvalue weighted by atomic mass is 16.5. The molecule has 2 heterocycles. The SMILES string of the molecule is c1ccc(Oc2ccc3oc4ccccc4c3n2)cc1. The van der Waals surface area contributed by atoms with E-state index in [4.69, 9.17) is 9.15 Å². The minimum Gasteiger partial charge on any atom is -0.454 e. The van der Waals surface area contributed by atoms with Crippen LogP contribution in [0.15, 0.2) is 71.1 Å². The number of ether oxygens (including phenoxy) is 1. The molecule has 0 aliphatic heterocycles. The van der Waals surface area contributed by atoms with Crippen molar-refractivity contribution in [2.45, 2.75) is 0 Å². The van der Waals surface area contributed by atoms with Crippen LogP contribution in [0.1, 0.15) is 0 Å². The van der Waals surface area contributed by atoms with Crippen molar-refractivity contribution in [1.29, 1.82) is 0 Å². The molecule has 0 spiro atoms. The van der Waals surface area contributed by atoms with E-state index in [1.807, 2.05) is 66.7 Å². The van der Waals surface area contributed by atoms with Crippen LogP contribution in [-0.4, -0.2) is 4.98 Å². The average molecular weight is 261 g/mol. The summed E-state index contributed by atoms with van der Waals surface area (Å²) in [6.07, 6.45) is 0. The van der Waals surface area contributed by atoms with Crippen molar-refractivity contribution in [1.82, 2.24) is 4.98 Å². The number of hydrogen-bond acceptors (Lipinski definition) is 3. The monoisotopic (exact) mass is 261 g/mol. The summed E-state index contributed by atoms with van der Waals surface area (Å²) in [4.78, 5) is 4.54. The Morgan fingerprint density at radius 2 is 1.55 bits per heavy atom. The maximum atomic E-state index is 5.75. The summed E-state index contributed by atoms with van der Waals surface area (Å²) in [5.74, 6) is 1.34. The van der Waals surface area contributed by atoms with Crippen LogP contribution in [0.5, 0.6) is 11.6 Å². The van der Waals surface area contributed by atoms with Crippen LogP contribution >= 0.6 is 0 Å². The van der Waals surface area contributed by atoms with Gasteiger partial charge in [0.15, 0.2) is 5.58 Å². The first kappa shape index (κ1) is 11.1. The second kappa shape index (κ2) is 4.38. The number of rotatable bonds is 2. The number of hydrogen-bond donors (Lipinski definition) is 0. The molecule has 0 unspecified atom stereocenters. The summed E-state index contributed by atoms with van der Waals surface area (Å²) < 4.78 is 11.5. The summed E-state index contributed by atoms with van der Waals surface area (Å²) >= 11 is 0. The van der Waals surface area contributed by atoms with Crippen LogP contribution in [0.4, 0.5) is 0 Å². The van der Waals surface area contributed by atoms with Gasteiger partial charge in [-0.25, -0.2) is 4.98 Å². The molecule has 0 N–H and O–H groups in total. The van der Waals surface area contributed by atoms with Gasteiger partial charge >= 0.3 is 0 Å². The van der Waals surface area contributed by atoms with E-state index in [-0.39, 0.29) is 0 Å². The molecule has 0 fully saturated rings. The lowest BCUT2D eigenvalue weighted by Gasteiger charge is -2.03. The summed E-state index contributed by atoms with van der Waals surface area (Å²) in [5, 5.41) is 1.00. The molecule has 0 saturated heterocycles.